The van der Waals surface area contributed by atoms with Crippen LogP contribution in [0.25, 0.3) is 0 Å². The predicted molar refractivity (Wildman–Crippen MR) is 40.2 cm³/mol. The summed E-state index contributed by atoms with van der Waals surface area (Å²) in [4.78, 5) is 10.3. The number of aromatic carboxylic acids is 1. The Morgan fingerprint density at radius 1 is 1.55 bits per heavy atom. The topological polar surface area (TPSA) is 66.2 Å². The van der Waals surface area contributed by atoms with Crippen LogP contribution in [0, 0.1) is 0 Å². The highest BCUT2D eigenvalue weighted by atomic mass is 35.5. The van der Waals surface area contributed by atoms with Crippen LogP contribution in [0.5, 0.6) is 0 Å². The first-order valence-corrected chi connectivity index (χ1v) is 3.25. The summed E-state index contributed by atoms with van der Waals surface area (Å²) >= 11 is 5.53. The van der Waals surface area contributed by atoms with Crippen LogP contribution in [0.15, 0.2) is 18.2 Å². The summed E-state index contributed by atoms with van der Waals surface area (Å²) in [5.41, 5.74) is 5.41. The van der Waals surface area contributed by atoms with Crippen LogP contribution >= 0.6 is 11.6 Å². The van der Waals surface area contributed by atoms with Crippen LogP contribution in [-0.4, -0.2) is 5.97 Å². The molecule has 0 radical (unpaired) electrons. The fourth-order valence-corrected chi connectivity index (χ4v) is 0.900. The molecule has 4 heteroatoms. The molecule has 1 rings (SSSR count). The zero-order valence-corrected chi connectivity index (χ0v) is 6.26. The van der Waals surface area contributed by atoms with Crippen molar-refractivity contribution in [1.29, 1.82) is 0 Å². The average molecular weight is 171 g/mol. The second-order valence-electron chi connectivity index (χ2n) is 2.02. The van der Waals surface area contributed by atoms with E-state index < -0.39 is 5.97 Å². The third-order valence-electron chi connectivity index (χ3n) is 1.23. The van der Waals surface area contributed by atoms with Gasteiger partial charge in [-0.15, -0.1) is 0 Å². The molecule has 0 fully saturated rings. The SMILES string of the molecule is Nc1cc(Cl)ccc1C(=O)[O-]. The van der Waals surface area contributed by atoms with Crippen LogP contribution in [0.1, 0.15) is 10.4 Å². The number of hydrogen-bond donors (Lipinski definition) is 1. The van der Waals surface area contributed by atoms with E-state index >= 15 is 0 Å². The number of benzene rings is 1. The third-order valence-corrected chi connectivity index (χ3v) is 1.47. The van der Waals surface area contributed by atoms with Gasteiger partial charge in [0.25, 0.3) is 0 Å². The largest absolute Gasteiger partial charge is 0.545 e. The van der Waals surface area contributed by atoms with Crippen molar-refractivity contribution in [3.63, 3.8) is 0 Å². The molecule has 0 unspecified atom stereocenters. The van der Waals surface area contributed by atoms with Crippen molar-refractivity contribution in [2.75, 3.05) is 5.73 Å². The Kier molecular flexibility index (Phi) is 2.01. The number of nitrogens with two attached hydrogens (primary N) is 1. The molecule has 0 spiro atoms. The van der Waals surface area contributed by atoms with Gasteiger partial charge < -0.3 is 15.6 Å². The van der Waals surface area contributed by atoms with E-state index in [-0.39, 0.29) is 11.3 Å². The van der Waals surface area contributed by atoms with E-state index in [0.29, 0.717) is 5.02 Å². The minimum Gasteiger partial charge on any atom is -0.545 e. The Labute approximate surface area is 68.4 Å². The Balaban J connectivity index is 3.20. The molecule has 0 saturated heterocycles. The number of carboxylic acids is 1. The summed E-state index contributed by atoms with van der Waals surface area (Å²) in [6.07, 6.45) is 0. The molecule has 0 aliphatic rings. The van der Waals surface area contributed by atoms with Gasteiger partial charge in [-0.3, -0.25) is 0 Å². The van der Waals surface area contributed by atoms with E-state index in [2.05, 4.69) is 0 Å². The lowest BCUT2D eigenvalue weighted by molar-refractivity contribution is -0.254. The van der Waals surface area contributed by atoms with Crippen LogP contribution in [0.3, 0.4) is 0 Å². The maximum absolute atomic E-state index is 10.3. The van der Waals surface area contributed by atoms with Gasteiger partial charge in [0, 0.05) is 16.3 Å². The van der Waals surface area contributed by atoms with Crippen molar-refractivity contribution in [3.05, 3.63) is 28.8 Å². The number of carboxylic acid groups (broad SMARTS) is 1. The highest BCUT2D eigenvalue weighted by molar-refractivity contribution is 6.31. The molecule has 0 saturated carbocycles. The molecule has 3 nitrogen and oxygen atoms in total. The smallest absolute Gasteiger partial charge is 0.0736 e. The molecule has 1 aromatic rings. The van der Waals surface area contributed by atoms with Crippen molar-refractivity contribution in [2.24, 2.45) is 0 Å². The molecular formula is C7H5ClNO2-. The Bertz CT molecular complexity index is 298. The Morgan fingerprint density at radius 2 is 2.18 bits per heavy atom. The molecule has 58 valence electrons. The number of rotatable bonds is 1. The van der Waals surface area contributed by atoms with Crippen molar-refractivity contribution in [2.45, 2.75) is 0 Å². The first-order chi connectivity index (χ1) is 5.11. The van der Waals surface area contributed by atoms with Gasteiger partial charge in [-0.1, -0.05) is 11.6 Å². The van der Waals surface area contributed by atoms with Crippen LogP contribution in [0.4, 0.5) is 5.69 Å². The minimum absolute atomic E-state index is 0.0330. The summed E-state index contributed by atoms with van der Waals surface area (Å²) in [5.74, 6) is -1.29. The van der Waals surface area contributed by atoms with E-state index in [9.17, 15) is 9.90 Å². The molecule has 0 aromatic heterocycles. The number of carbonyl (C=O) groups excluding carboxylic acids is 1. The molecule has 11 heavy (non-hydrogen) atoms. The van der Waals surface area contributed by atoms with Crippen molar-refractivity contribution in [1.82, 2.24) is 0 Å². The summed E-state index contributed by atoms with van der Waals surface area (Å²) in [5, 5.41) is 10.7. The minimum atomic E-state index is -1.29. The van der Waals surface area contributed by atoms with E-state index in [1.165, 1.54) is 18.2 Å². The third kappa shape index (κ3) is 1.62. The van der Waals surface area contributed by atoms with Crippen LogP contribution in [-0.2, 0) is 0 Å². The van der Waals surface area contributed by atoms with Gasteiger partial charge in [0.05, 0.1) is 5.97 Å². The molecule has 0 heterocycles. The molecule has 0 bridgehead atoms. The van der Waals surface area contributed by atoms with E-state index in [1.807, 2.05) is 0 Å². The van der Waals surface area contributed by atoms with E-state index in [1.54, 1.807) is 0 Å². The standard InChI is InChI=1S/C7H6ClNO2/c8-4-1-2-5(7(10)11)6(9)3-4/h1-3H,9H2,(H,10,11)/p-1. The average Bonchev–Trinajstić information content (AvgIpc) is 1.85. The number of anilines is 1. The molecule has 0 aliphatic heterocycles. The molecule has 0 atom stereocenters. The highest BCUT2D eigenvalue weighted by Gasteiger charge is 1.98. The van der Waals surface area contributed by atoms with Gasteiger partial charge >= 0.3 is 0 Å². The predicted octanol–water partition coefficient (Wildman–Crippen LogP) is 0.286. The molecule has 0 amide bonds. The second kappa shape index (κ2) is 2.80. The zero-order chi connectivity index (χ0) is 8.43. The zero-order valence-electron chi connectivity index (χ0n) is 5.50. The van der Waals surface area contributed by atoms with E-state index in [0.717, 1.165) is 0 Å². The first kappa shape index (κ1) is 7.88. The van der Waals surface area contributed by atoms with Crippen LogP contribution < -0.4 is 10.8 Å². The summed E-state index contributed by atoms with van der Waals surface area (Å²) < 4.78 is 0. The van der Waals surface area contributed by atoms with Gasteiger partial charge in [-0.2, -0.15) is 0 Å². The lowest BCUT2D eigenvalue weighted by atomic mass is 10.2. The first-order valence-electron chi connectivity index (χ1n) is 2.87. The molecular weight excluding hydrogens is 166 g/mol. The number of halogens is 1. The molecule has 2 N–H and O–H groups in total. The Hall–Kier alpha value is -1.22. The fraction of sp³-hybridized carbons (Fsp3) is 0. The number of nitrogen functional groups attached to an aromatic ring is 1. The highest BCUT2D eigenvalue weighted by Crippen LogP contribution is 2.16. The second-order valence-corrected chi connectivity index (χ2v) is 2.46. The lowest BCUT2D eigenvalue weighted by Gasteiger charge is -2.05. The Morgan fingerprint density at radius 3 is 2.64 bits per heavy atom. The summed E-state index contributed by atoms with van der Waals surface area (Å²) in [6, 6.07) is 4.13. The number of carbonyl (C=O) groups is 1. The monoisotopic (exact) mass is 170 g/mol. The van der Waals surface area contributed by atoms with Crippen molar-refractivity contribution in [3.8, 4) is 0 Å². The molecule has 1 aromatic carbocycles. The maximum Gasteiger partial charge on any atom is 0.0736 e. The van der Waals surface area contributed by atoms with Crippen molar-refractivity contribution < 1.29 is 9.90 Å². The maximum atomic E-state index is 10.3. The van der Waals surface area contributed by atoms with Gasteiger partial charge in [0.15, 0.2) is 0 Å². The van der Waals surface area contributed by atoms with Gasteiger partial charge in [-0.05, 0) is 18.2 Å². The number of hydrogen-bond acceptors (Lipinski definition) is 3. The lowest BCUT2D eigenvalue weighted by Crippen LogP contribution is -2.23. The van der Waals surface area contributed by atoms with Crippen LogP contribution in [0.2, 0.25) is 5.02 Å². The van der Waals surface area contributed by atoms with Crippen molar-refractivity contribution >= 4 is 23.3 Å². The summed E-state index contributed by atoms with van der Waals surface area (Å²) in [7, 11) is 0. The quantitative estimate of drug-likeness (QED) is 0.616. The summed E-state index contributed by atoms with van der Waals surface area (Å²) in [6.45, 7) is 0. The van der Waals surface area contributed by atoms with Gasteiger partial charge in [-0.25, -0.2) is 0 Å². The fourth-order valence-electron chi connectivity index (χ4n) is 0.719. The van der Waals surface area contributed by atoms with E-state index in [4.69, 9.17) is 17.3 Å². The van der Waals surface area contributed by atoms with Gasteiger partial charge in [0.1, 0.15) is 0 Å². The van der Waals surface area contributed by atoms with Gasteiger partial charge in [0.2, 0.25) is 0 Å². The molecule has 0 aliphatic carbocycles. The normalized spacial score (nSPS) is 9.55.